The second-order valence-electron chi connectivity index (χ2n) is 31.6. The van der Waals surface area contributed by atoms with Gasteiger partial charge in [-0.2, -0.15) is 0 Å². The van der Waals surface area contributed by atoms with E-state index in [0.29, 0.717) is 30.6 Å². The van der Waals surface area contributed by atoms with Crippen molar-refractivity contribution in [1.82, 2.24) is 4.98 Å². The van der Waals surface area contributed by atoms with Crippen molar-refractivity contribution < 1.29 is 24.7 Å². The maximum Gasteiger partial charge on any atom is 0.136 e. The maximum atomic E-state index is 9.39. The van der Waals surface area contributed by atoms with Crippen LogP contribution in [0, 0.1) is 74.5 Å². The summed E-state index contributed by atoms with van der Waals surface area (Å²) in [6.07, 6.45) is 9.20. The highest BCUT2D eigenvalue weighted by Gasteiger charge is 2.63. The molecule has 5 aliphatic carbocycles. The molecule has 5 saturated carbocycles. The van der Waals surface area contributed by atoms with Crippen LogP contribution in [0.1, 0.15) is 299 Å². The standard InChI is InChI=1S/C22H31N.C18H27N.C17H19N.C16H18N2.C15H23N.5C2H6/c1-15-6-4-5-7-20(15)23-14-22(13-21(23,2)3)18-9-16-8-17(11-18)12-19(22)10-16;1-15-9-5-6-10-16(15)19-14-18(13-17(19,2)3)11-7-4-8-12-18;1-13-8-4-6-10-15(13)18-12-17(2,3)14-9-5-7-11-16(14)18;1-12-7-4-5-9-14(12)18-11-16(2,3)13-8-6-10-17-15(13)18;1-12-8-6-7-9-13(12)16-11-14(2,3)10-15(16,4)5;5*1-2/h4-7,16-19H,8-14H2,1-3H3;5-6,9-10H,4,7-8,11-14H2,1-3H3;4-11H,12H2,1-3H3;4-10H,11H2,1-3H3;6-9H,10-11H2,1-5H3;5*1-2H3/i2*13D2;2*2D3;2D3,3D3,10D2;;;;;. The SMILES string of the molecule is CC.CC.CC.CC.CC.[2H]C([2H])([2H])C1(C([2H])([2H])[2H])CN(c2ccccc2C)C(C)(C)C1([2H])[2H].[2H]C([2H])([2H])C1(C)CN(c2ccccc2C)c2ccccc21.[2H]C([2H])([2H])C1(C)CN(c2ccccc2C)c2ncccc21.[2H]C1([2H])C2(CCCCC2)CN(c2ccccc2C)C1(C)C.[2H]C1([2H])C2(CN(c3ccccc3C)C1(C)C)C1CC3CC(C1)CC2C3. The fourth-order valence-corrected chi connectivity index (χ4v) is 18.5. The summed E-state index contributed by atoms with van der Waals surface area (Å²) in [7, 11) is 0. The van der Waals surface area contributed by atoms with Crippen LogP contribution in [0.3, 0.4) is 0 Å². The summed E-state index contributed by atoms with van der Waals surface area (Å²) in [5.74, 6) is 3.71. The number of nitrogens with zero attached hydrogens (tertiary/aromatic N) is 6. The van der Waals surface area contributed by atoms with Crippen LogP contribution in [-0.2, 0) is 10.8 Å². The van der Waals surface area contributed by atoms with Gasteiger partial charge in [0.05, 0.1) is 0 Å². The number of aromatic nitrogens is 1. The minimum Gasteiger partial charge on any atom is -0.366 e. The Morgan fingerprint density at radius 3 is 1.16 bits per heavy atom. The molecule has 104 heavy (non-hydrogen) atoms. The molecule has 0 N–H and O–H groups in total. The number of para-hydroxylation sites is 6. The van der Waals surface area contributed by atoms with Crippen LogP contribution in [-0.4, -0.2) is 54.3 Å². The van der Waals surface area contributed by atoms with Gasteiger partial charge in [-0.15, -0.1) is 0 Å². The molecule has 6 heteroatoms. The Morgan fingerprint density at radius 1 is 0.356 bits per heavy atom. The number of benzene rings is 6. The molecule has 7 aromatic rings. The number of hydrogen-bond acceptors (Lipinski definition) is 6. The lowest BCUT2D eigenvalue weighted by Gasteiger charge is -2.60. The fraction of sp³-hybridized carbons (Fsp3) is 0.582. The van der Waals surface area contributed by atoms with Gasteiger partial charge in [0, 0.05) is 131 Å². The average Bonchev–Trinajstić information content (AvgIpc) is 1.51. The summed E-state index contributed by atoms with van der Waals surface area (Å²) in [6, 6.07) is 51.8. The molecule has 4 bridgehead atoms. The third-order valence-corrected chi connectivity index (χ3v) is 22.7. The molecule has 2 unspecified atom stereocenters. The van der Waals surface area contributed by atoms with E-state index in [0.717, 1.165) is 88.5 Å². The van der Waals surface area contributed by atoms with Crippen molar-refractivity contribution in [3.8, 4) is 0 Å². The highest BCUT2D eigenvalue weighted by atomic mass is 15.3. The number of anilines is 7. The van der Waals surface area contributed by atoms with E-state index in [2.05, 4.69) is 129 Å². The van der Waals surface area contributed by atoms with Crippen LogP contribution in [0.2, 0.25) is 0 Å². The van der Waals surface area contributed by atoms with Crippen molar-refractivity contribution in [2.75, 3.05) is 57.2 Å². The van der Waals surface area contributed by atoms with Crippen LogP contribution in [0.25, 0.3) is 0 Å². The Kier molecular flexibility index (Phi) is 21.2. The summed E-state index contributed by atoms with van der Waals surface area (Å²) in [5.41, 5.74) is 6.77. The van der Waals surface area contributed by atoms with Gasteiger partial charge >= 0.3 is 0 Å². The molecule has 0 amide bonds. The first-order valence-electron chi connectivity index (χ1n) is 49.1. The van der Waals surface area contributed by atoms with Gasteiger partial charge in [-0.05, 0) is 256 Å². The third-order valence-electron chi connectivity index (χ3n) is 22.7. The second kappa shape index (κ2) is 35.9. The largest absolute Gasteiger partial charge is 0.366 e. The first kappa shape index (κ1) is 61.5. The van der Waals surface area contributed by atoms with Crippen molar-refractivity contribution in [3.63, 3.8) is 0 Å². The van der Waals surface area contributed by atoms with E-state index in [9.17, 15) is 2.74 Å². The Balaban J connectivity index is 0.000000205. The zero-order valence-electron chi connectivity index (χ0n) is 86.7. The van der Waals surface area contributed by atoms with E-state index < -0.39 is 85.9 Å². The topological polar surface area (TPSA) is 29.1 Å². The molecule has 570 valence electrons. The molecule has 8 fully saturated rings. The van der Waals surface area contributed by atoms with Gasteiger partial charge < -0.3 is 24.5 Å². The molecule has 6 heterocycles. The maximum absolute atomic E-state index is 9.39. The van der Waals surface area contributed by atoms with Crippen molar-refractivity contribution in [2.45, 2.75) is 297 Å². The van der Waals surface area contributed by atoms with Crippen LogP contribution < -0.4 is 24.5 Å². The van der Waals surface area contributed by atoms with Gasteiger partial charge in [-0.25, -0.2) is 4.98 Å². The Bertz CT molecular complexity index is 4390. The molecule has 10 aliphatic rings. The number of fused-ring (bicyclic) bond motifs is 2. The fourth-order valence-electron chi connectivity index (χ4n) is 18.5. The lowest BCUT2D eigenvalue weighted by molar-refractivity contribution is -0.0993. The Labute approximate surface area is 664 Å². The van der Waals surface area contributed by atoms with E-state index in [4.69, 9.17) is 21.9 Å². The molecule has 2 atom stereocenters. The van der Waals surface area contributed by atoms with Crippen molar-refractivity contribution in [2.24, 2.45) is 39.9 Å². The minimum atomic E-state index is -2.98. The van der Waals surface area contributed by atoms with E-state index >= 15 is 0 Å². The molecular weight excluding hydrogens is 1260 g/mol. The smallest absolute Gasteiger partial charge is 0.136 e. The van der Waals surface area contributed by atoms with E-state index in [1.165, 1.54) is 73.9 Å². The van der Waals surface area contributed by atoms with Crippen LogP contribution in [0.5, 0.6) is 0 Å². The van der Waals surface area contributed by atoms with Crippen molar-refractivity contribution in [1.29, 1.82) is 0 Å². The third kappa shape index (κ3) is 18.7. The van der Waals surface area contributed by atoms with Crippen LogP contribution in [0.4, 0.5) is 39.9 Å². The summed E-state index contributed by atoms with van der Waals surface area (Å²) in [6.45, 7) is 37.7. The monoisotopic (exact) mass is 1430 g/mol. The summed E-state index contributed by atoms with van der Waals surface area (Å²) in [4.78, 5) is 15.0. The lowest BCUT2D eigenvalue weighted by Crippen LogP contribution is -2.54. The van der Waals surface area contributed by atoms with E-state index in [1.54, 1.807) is 44.0 Å². The predicted octanol–water partition coefficient (Wildman–Crippen LogP) is 27.7. The lowest BCUT2D eigenvalue weighted by atomic mass is 9.44. The van der Waals surface area contributed by atoms with Gasteiger partial charge in [0.2, 0.25) is 0 Å². The van der Waals surface area contributed by atoms with Gasteiger partial charge in [-0.3, -0.25) is 0 Å². The van der Waals surface area contributed by atoms with Crippen molar-refractivity contribution >= 4 is 39.9 Å². The highest BCUT2D eigenvalue weighted by molar-refractivity contribution is 5.75. The molecular formula is C98H148N6. The highest BCUT2D eigenvalue weighted by Crippen LogP contribution is 2.67. The quantitative estimate of drug-likeness (QED) is 0.171. The van der Waals surface area contributed by atoms with Gasteiger partial charge in [0.15, 0.2) is 0 Å². The van der Waals surface area contributed by atoms with Gasteiger partial charge in [0.25, 0.3) is 0 Å². The van der Waals surface area contributed by atoms with E-state index in [1.807, 2.05) is 180 Å². The number of aryl methyl sites for hydroxylation is 5. The summed E-state index contributed by atoms with van der Waals surface area (Å²) >= 11 is 0. The molecule has 3 saturated heterocycles. The molecule has 6 aromatic carbocycles. The average molecular weight is 1430 g/mol. The zero-order valence-corrected chi connectivity index (χ0v) is 68.7. The molecule has 0 radical (unpaired) electrons. The Hall–Kier alpha value is -6.53. The first-order chi connectivity index (χ1) is 56.9. The normalized spacial score (nSPS) is 30.0. The molecule has 1 aromatic heterocycles. The van der Waals surface area contributed by atoms with Crippen LogP contribution in [0.15, 0.2) is 164 Å². The van der Waals surface area contributed by atoms with Crippen molar-refractivity contribution in [3.05, 3.63) is 203 Å². The van der Waals surface area contributed by atoms with Gasteiger partial charge in [0.1, 0.15) is 5.82 Å². The number of hydrogen-bond donors (Lipinski definition) is 0. The second-order valence-corrected chi connectivity index (χ2v) is 31.6. The molecule has 2 spiro atoms. The minimum absolute atomic E-state index is 0.147. The molecule has 5 aliphatic heterocycles. The van der Waals surface area contributed by atoms with Gasteiger partial charge in [-0.1, -0.05) is 245 Å². The summed E-state index contributed by atoms with van der Waals surface area (Å²) in [5, 5.41) is 0. The molecule has 6 nitrogen and oxygen atoms in total. The Morgan fingerprint density at radius 2 is 0.721 bits per heavy atom. The van der Waals surface area contributed by atoms with Crippen LogP contribution >= 0.6 is 0 Å². The summed E-state index contributed by atoms with van der Waals surface area (Å²) < 4.78 is 149. The number of rotatable bonds is 5. The van der Waals surface area contributed by atoms with E-state index in [-0.39, 0.29) is 10.8 Å². The first-order valence-corrected chi connectivity index (χ1v) is 40.1. The predicted molar refractivity (Wildman–Crippen MR) is 460 cm³/mol. The zero-order chi connectivity index (χ0) is 92.2. The molecule has 17 rings (SSSR count). The number of pyridine rings is 1.